The van der Waals surface area contributed by atoms with Crippen LogP contribution in [0.15, 0.2) is 78.2 Å². The van der Waals surface area contributed by atoms with E-state index in [0.29, 0.717) is 119 Å². The van der Waals surface area contributed by atoms with Crippen LogP contribution in [0.5, 0.6) is 17.2 Å². The lowest BCUT2D eigenvalue weighted by Crippen LogP contribution is -2.34. The van der Waals surface area contributed by atoms with Crippen LogP contribution in [0.2, 0.25) is 0 Å². The highest BCUT2D eigenvalue weighted by Gasteiger charge is 2.19. The van der Waals surface area contributed by atoms with Crippen LogP contribution in [-0.2, 0) is 30.3 Å². The topological polar surface area (TPSA) is 104 Å². The molecular weight excluding hydrogens is 851 g/mol. The van der Waals surface area contributed by atoms with Crippen LogP contribution < -0.4 is 28.9 Å². The summed E-state index contributed by atoms with van der Waals surface area (Å²) in [4.78, 5) is 10.3. The molecule has 5 aromatic rings. The first-order valence-electron chi connectivity index (χ1n) is 22.2. The molecule has 0 unspecified atom stereocenters. The predicted molar refractivity (Wildman–Crippen MR) is 260 cm³/mol. The number of aliphatic hydroxyl groups excluding tert-OH is 1. The van der Waals surface area contributed by atoms with Crippen LogP contribution >= 0.6 is 22.7 Å². The Balaban J connectivity index is 1.20. The Morgan fingerprint density at radius 3 is 1.67 bits per heavy atom. The summed E-state index contributed by atoms with van der Waals surface area (Å²) in [6.45, 7) is 13.9. The molecule has 64 heavy (non-hydrogen) atoms. The highest BCUT2D eigenvalue weighted by Crippen LogP contribution is 2.36. The molecule has 12 nitrogen and oxygen atoms in total. The molecule has 14 heteroatoms. The number of thiophene rings is 2. The summed E-state index contributed by atoms with van der Waals surface area (Å²) >= 11 is 3.38. The number of aliphatic hydroxyl groups is 1. The maximum absolute atomic E-state index is 9.56. The normalized spacial score (nSPS) is 16.8. The third-order valence-corrected chi connectivity index (χ3v) is 13.2. The van der Waals surface area contributed by atoms with Crippen molar-refractivity contribution in [2.45, 2.75) is 20.5 Å². The predicted octanol–water partition coefficient (Wildman–Crippen LogP) is 8.45. The van der Waals surface area contributed by atoms with Crippen LogP contribution in [0.25, 0.3) is 21.9 Å². The first kappa shape index (κ1) is 47.3. The summed E-state index contributed by atoms with van der Waals surface area (Å²) in [5, 5.41) is 11.6. The summed E-state index contributed by atoms with van der Waals surface area (Å²) in [6, 6.07) is 25.4. The summed E-state index contributed by atoms with van der Waals surface area (Å²) in [5.41, 5.74) is 7.11. The molecule has 1 fully saturated rings. The summed E-state index contributed by atoms with van der Waals surface area (Å²) in [5.74, 6) is 2.37. The van der Waals surface area contributed by atoms with Gasteiger partial charge in [0.05, 0.1) is 96.2 Å². The van der Waals surface area contributed by atoms with E-state index in [4.69, 9.17) is 37.9 Å². The minimum atomic E-state index is 0.0500. The van der Waals surface area contributed by atoms with E-state index in [2.05, 4.69) is 113 Å². The number of aryl methyl sites for hydroxylation is 2. The third-order valence-electron chi connectivity index (χ3n) is 10.9. The van der Waals surface area contributed by atoms with Gasteiger partial charge in [-0.3, -0.25) is 0 Å². The fourth-order valence-corrected chi connectivity index (χ4v) is 9.43. The second-order valence-electron chi connectivity index (χ2n) is 15.6. The number of methoxy groups -OCH3 is 1. The number of hydrogen-bond acceptors (Lipinski definition) is 14. The van der Waals surface area contributed by atoms with Crippen LogP contribution in [0.1, 0.15) is 27.1 Å². The monoisotopic (exact) mass is 913 g/mol. The average Bonchev–Trinajstić information content (AvgIpc) is 3.99. The first-order valence-corrected chi connectivity index (χ1v) is 23.9. The van der Waals surface area contributed by atoms with Gasteiger partial charge < -0.3 is 57.7 Å². The van der Waals surface area contributed by atoms with Gasteiger partial charge in [-0.15, -0.1) is 22.7 Å². The fourth-order valence-electron chi connectivity index (χ4n) is 7.52. The lowest BCUT2D eigenvalue weighted by Gasteiger charge is -2.30. The van der Waals surface area contributed by atoms with E-state index in [1.165, 1.54) is 4.88 Å². The second kappa shape index (κ2) is 25.2. The van der Waals surface area contributed by atoms with E-state index in [0.717, 1.165) is 66.3 Å². The lowest BCUT2D eigenvalue weighted by atomic mass is 10.1. The molecule has 0 amide bonds. The van der Waals surface area contributed by atoms with E-state index in [1.807, 2.05) is 5.38 Å². The van der Waals surface area contributed by atoms with Crippen molar-refractivity contribution >= 4 is 51.9 Å². The van der Waals surface area contributed by atoms with Gasteiger partial charge in [0.2, 0.25) is 0 Å². The quantitative estimate of drug-likeness (QED) is 0.113. The van der Waals surface area contributed by atoms with Crippen LogP contribution in [-0.4, -0.2) is 131 Å². The van der Waals surface area contributed by atoms with E-state index >= 15 is 0 Å². The molecule has 2 aromatic heterocycles. The van der Waals surface area contributed by atoms with Crippen molar-refractivity contribution in [2.75, 3.05) is 140 Å². The van der Waals surface area contributed by atoms with Crippen LogP contribution in [0.4, 0.5) is 17.1 Å². The van der Waals surface area contributed by atoms with Crippen molar-refractivity contribution in [1.82, 2.24) is 0 Å². The molecule has 0 saturated carbocycles. The number of benzene rings is 3. The lowest BCUT2D eigenvalue weighted by molar-refractivity contribution is 0.0435. The molecule has 0 aliphatic carbocycles. The zero-order chi connectivity index (χ0) is 44.4. The molecule has 344 valence electrons. The SMILES string of the molecule is COCCOc1cc(/C=C/c2ccc(-c3cc(CO)cs3)s2)ccc1N1CCOc2cc(C)ccc2N2CCOCCOCCN(CCOCCOCC2)c2ccc(C)cc2OCC1. The molecule has 3 aromatic carbocycles. The van der Waals surface area contributed by atoms with E-state index < -0.39 is 0 Å². The summed E-state index contributed by atoms with van der Waals surface area (Å²) in [7, 11) is 1.68. The molecule has 3 aliphatic heterocycles. The maximum Gasteiger partial charge on any atom is 0.143 e. The van der Waals surface area contributed by atoms with Crippen molar-refractivity contribution in [3.05, 3.63) is 105 Å². The molecule has 0 atom stereocenters. The van der Waals surface area contributed by atoms with Gasteiger partial charge in [0.25, 0.3) is 0 Å². The molecule has 0 spiro atoms. The van der Waals surface area contributed by atoms with Crippen molar-refractivity contribution in [2.24, 2.45) is 0 Å². The molecule has 5 heterocycles. The van der Waals surface area contributed by atoms with Gasteiger partial charge in [0.15, 0.2) is 0 Å². The Morgan fingerprint density at radius 2 is 1.12 bits per heavy atom. The van der Waals surface area contributed by atoms with Crippen molar-refractivity contribution in [3.8, 4) is 27.0 Å². The van der Waals surface area contributed by atoms with Crippen LogP contribution in [0, 0.1) is 13.8 Å². The largest absolute Gasteiger partial charge is 0.490 e. The maximum atomic E-state index is 9.56. The number of nitrogens with zero attached hydrogens (tertiary/aromatic N) is 3. The highest BCUT2D eigenvalue weighted by molar-refractivity contribution is 7.21. The number of anilines is 3. The number of ether oxygens (including phenoxy) is 8. The van der Waals surface area contributed by atoms with Gasteiger partial charge in [0, 0.05) is 47.9 Å². The fraction of sp³-hybridized carbons (Fsp3) is 0.440. The van der Waals surface area contributed by atoms with E-state index in [9.17, 15) is 5.11 Å². The molecular formula is C50H63N3O9S2. The van der Waals surface area contributed by atoms with Gasteiger partial charge in [-0.1, -0.05) is 24.3 Å². The van der Waals surface area contributed by atoms with Crippen molar-refractivity contribution in [1.29, 1.82) is 0 Å². The second-order valence-corrected chi connectivity index (χ2v) is 17.7. The molecule has 1 N–H and O–H groups in total. The zero-order valence-electron chi connectivity index (χ0n) is 37.5. The summed E-state index contributed by atoms with van der Waals surface area (Å²) in [6.07, 6.45) is 4.26. The molecule has 2 bridgehead atoms. The molecule has 0 radical (unpaired) electrons. The summed E-state index contributed by atoms with van der Waals surface area (Å²) < 4.78 is 49.8. The Labute approximate surface area is 386 Å². The Kier molecular flexibility index (Phi) is 18.6. The van der Waals surface area contributed by atoms with Gasteiger partial charge in [0.1, 0.15) is 37.1 Å². The Bertz CT molecular complexity index is 2110. The average molecular weight is 914 g/mol. The first-order chi connectivity index (χ1) is 31.5. The van der Waals surface area contributed by atoms with Gasteiger partial charge in [-0.25, -0.2) is 0 Å². The number of rotatable bonds is 9. The van der Waals surface area contributed by atoms with E-state index in [1.54, 1.807) is 29.8 Å². The Morgan fingerprint density at radius 1 is 0.578 bits per heavy atom. The number of hydrogen-bond donors (Lipinski definition) is 1. The van der Waals surface area contributed by atoms with Crippen molar-refractivity contribution in [3.63, 3.8) is 0 Å². The molecule has 3 aliphatic rings. The van der Waals surface area contributed by atoms with Gasteiger partial charge in [-0.2, -0.15) is 0 Å². The minimum Gasteiger partial charge on any atom is -0.490 e. The van der Waals surface area contributed by atoms with Crippen molar-refractivity contribution < 1.29 is 43.0 Å². The highest BCUT2D eigenvalue weighted by atomic mass is 32.1. The zero-order valence-corrected chi connectivity index (χ0v) is 39.1. The third kappa shape index (κ3) is 13.9. The van der Waals surface area contributed by atoms with E-state index in [-0.39, 0.29) is 6.61 Å². The standard InChI is InChI=1S/C50H63N3O9S2/c1-38-4-10-43-46(32-38)60-24-18-53(45-12-7-40(34-48(45)62-31-26-55-3)6-8-42-9-13-49(64-42)50-35-41(36-54)37-63-50)19-25-61-47-33-39(2)5-11-44(47)52-16-22-58-29-27-56-20-14-51(43)15-21-57-28-30-59-23-17-52/h4-13,32-35,37,54H,14-31,36H2,1-3H3/b8-6+. The molecule has 8 rings (SSSR count). The van der Waals surface area contributed by atoms with Gasteiger partial charge >= 0.3 is 0 Å². The smallest absolute Gasteiger partial charge is 0.143 e. The molecule has 1 saturated heterocycles. The minimum absolute atomic E-state index is 0.0500. The van der Waals surface area contributed by atoms with Gasteiger partial charge in [-0.05, 0) is 102 Å². The van der Waals surface area contributed by atoms with Crippen LogP contribution in [0.3, 0.4) is 0 Å². The Hall–Kier alpha value is -4.64. The number of fused-ring (bicyclic) bond motifs is 20.